The summed E-state index contributed by atoms with van der Waals surface area (Å²) in [5.41, 5.74) is 0.393. The Morgan fingerprint density at radius 2 is 1.86 bits per heavy atom. The second kappa shape index (κ2) is 6.52. The highest BCUT2D eigenvalue weighted by molar-refractivity contribution is 5.85. The van der Waals surface area contributed by atoms with E-state index < -0.39 is 23.8 Å². The minimum absolute atomic E-state index is 0.345. The van der Waals surface area contributed by atoms with Crippen molar-refractivity contribution in [1.82, 2.24) is 5.32 Å². The van der Waals surface area contributed by atoms with Gasteiger partial charge in [-0.15, -0.1) is 0 Å². The summed E-state index contributed by atoms with van der Waals surface area (Å²) in [7, 11) is 0. The van der Waals surface area contributed by atoms with Gasteiger partial charge < -0.3 is 10.4 Å². The first-order valence-electron chi connectivity index (χ1n) is 6.93. The molecule has 2 rings (SSSR count). The number of halogens is 1. The molecule has 1 aliphatic rings. The van der Waals surface area contributed by atoms with E-state index in [9.17, 15) is 19.1 Å². The summed E-state index contributed by atoms with van der Waals surface area (Å²) in [6.07, 6.45) is 4.34. The molecule has 3 atom stereocenters. The molecule has 5 heteroatoms. The predicted octanol–water partition coefficient (Wildman–Crippen LogP) is 2.67. The van der Waals surface area contributed by atoms with Crippen molar-refractivity contribution in [2.45, 2.75) is 25.8 Å². The van der Waals surface area contributed by atoms with Gasteiger partial charge in [-0.25, -0.2) is 4.39 Å². The van der Waals surface area contributed by atoms with Gasteiger partial charge in [0.1, 0.15) is 5.82 Å². The van der Waals surface area contributed by atoms with Crippen LogP contribution in [0.15, 0.2) is 36.4 Å². The van der Waals surface area contributed by atoms with Crippen LogP contribution in [-0.4, -0.2) is 17.0 Å². The van der Waals surface area contributed by atoms with E-state index in [1.807, 2.05) is 6.08 Å². The van der Waals surface area contributed by atoms with Gasteiger partial charge in [-0.1, -0.05) is 30.4 Å². The molecular weight excluding hydrogens is 273 g/mol. The minimum Gasteiger partial charge on any atom is -0.481 e. The Hall–Kier alpha value is -2.17. The molecule has 0 saturated carbocycles. The van der Waals surface area contributed by atoms with Crippen LogP contribution in [0.4, 0.5) is 4.39 Å². The zero-order valence-corrected chi connectivity index (χ0v) is 11.8. The number of hydrogen-bond acceptors (Lipinski definition) is 2. The van der Waals surface area contributed by atoms with Crippen molar-refractivity contribution >= 4 is 11.9 Å². The lowest BCUT2D eigenvalue weighted by molar-refractivity contribution is -0.147. The zero-order valence-electron chi connectivity index (χ0n) is 11.8. The minimum atomic E-state index is -0.974. The van der Waals surface area contributed by atoms with Crippen LogP contribution in [0.25, 0.3) is 0 Å². The number of amides is 1. The van der Waals surface area contributed by atoms with Gasteiger partial charge in [0.25, 0.3) is 0 Å². The number of rotatable bonds is 4. The van der Waals surface area contributed by atoms with Crippen LogP contribution < -0.4 is 5.32 Å². The molecule has 1 amide bonds. The fraction of sp³-hybridized carbons (Fsp3) is 0.375. The normalized spacial score (nSPS) is 22.6. The first kappa shape index (κ1) is 15.2. The predicted molar refractivity (Wildman–Crippen MR) is 75.9 cm³/mol. The molecule has 1 aromatic rings. The standard InChI is InChI=1S/C16H18FNO3/c1-10(11-6-4-5-9-14(11)17)18-15(19)12-7-2-3-8-13(12)16(20)21/h2-6,9-10,12-13H,7-8H2,1H3,(H,18,19)(H,20,21). The Morgan fingerprint density at radius 3 is 2.48 bits per heavy atom. The second-order valence-corrected chi connectivity index (χ2v) is 5.25. The van der Waals surface area contributed by atoms with Gasteiger partial charge >= 0.3 is 5.97 Å². The molecule has 112 valence electrons. The molecule has 3 unspecified atom stereocenters. The summed E-state index contributed by atoms with van der Waals surface area (Å²) < 4.78 is 13.7. The topological polar surface area (TPSA) is 66.4 Å². The molecule has 1 aliphatic carbocycles. The number of carboxylic acids is 1. The fourth-order valence-electron chi connectivity index (χ4n) is 2.60. The average Bonchev–Trinajstić information content (AvgIpc) is 2.47. The molecule has 0 heterocycles. The Bertz CT molecular complexity index is 570. The van der Waals surface area contributed by atoms with E-state index in [-0.39, 0.29) is 11.7 Å². The third-order valence-corrected chi connectivity index (χ3v) is 3.82. The van der Waals surface area contributed by atoms with Crippen LogP contribution in [0.2, 0.25) is 0 Å². The molecule has 0 aromatic heterocycles. The SMILES string of the molecule is CC(NC(=O)C1CC=CCC1C(=O)O)c1ccccc1F. The van der Waals surface area contributed by atoms with Gasteiger partial charge in [0.2, 0.25) is 5.91 Å². The van der Waals surface area contributed by atoms with Crippen molar-refractivity contribution < 1.29 is 19.1 Å². The van der Waals surface area contributed by atoms with Crippen molar-refractivity contribution in [1.29, 1.82) is 0 Å². The van der Waals surface area contributed by atoms with Crippen LogP contribution >= 0.6 is 0 Å². The highest BCUT2D eigenvalue weighted by Crippen LogP contribution is 2.27. The number of carboxylic acid groups (broad SMARTS) is 1. The summed E-state index contributed by atoms with van der Waals surface area (Å²) in [6.45, 7) is 1.69. The van der Waals surface area contributed by atoms with Gasteiger partial charge in [0.05, 0.1) is 17.9 Å². The monoisotopic (exact) mass is 291 g/mol. The third-order valence-electron chi connectivity index (χ3n) is 3.82. The van der Waals surface area contributed by atoms with E-state index in [4.69, 9.17) is 0 Å². The second-order valence-electron chi connectivity index (χ2n) is 5.25. The van der Waals surface area contributed by atoms with E-state index in [1.165, 1.54) is 6.07 Å². The van der Waals surface area contributed by atoms with Crippen molar-refractivity contribution in [3.05, 3.63) is 47.8 Å². The summed E-state index contributed by atoms with van der Waals surface area (Å²) >= 11 is 0. The molecule has 21 heavy (non-hydrogen) atoms. The lowest BCUT2D eigenvalue weighted by atomic mass is 9.82. The Labute approximate surface area is 122 Å². The third kappa shape index (κ3) is 3.48. The van der Waals surface area contributed by atoms with Crippen molar-refractivity contribution in [2.75, 3.05) is 0 Å². The highest BCUT2D eigenvalue weighted by Gasteiger charge is 2.34. The molecule has 0 aliphatic heterocycles. The van der Waals surface area contributed by atoms with Crippen LogP contribution in [0.5, 0.6) is 0 Å². The summed E-state index contributed by atoms with van der Waals surface area (Å²) in [5.74, 6) is -3.03. The van der Waals surface area contributed by atoms with Gasteiger partial charge in [-0.05, 0) is 25.8 Å². The van der Waals surface area contributed by atoms with Gasteiger partial charge in [-0.2, -0.15) is 0 Å². The maximum absolute atomic E-state index is 13.7. The molecule has 0 bridgehead atoms. The van der Waals surface area contributed by atoms with Gasteiger partial charge in [-0.3, -0.25) is 9.59 Å². The van der Waals surface area contributed by atoms with Crippen LogP contribution in [0, 0.1) is 17.7 Å². The molecule has 0 radical (unpaired) electrons. The lowest BCUT2D eigenvalue weighted by Crippen LogP contribution is -2.39. The zero-order chi connectivity index (χ0) is 15.4. The van der Waals surface area contributed by atoms with Crippen LogP contribution in [0.1, 0.15) is 31.4 Å². The van der Waals surface area contributed by atoms with E-state index in [1.54, 1.807) is 31.2 Å². The first-order chi connectivity index (χ1) is 10.0. The van der Waals surface area contributed by atoms with Crippen LogP contribution in [0.3, 0.4) is 0 Å². The Morgan fingerprint density at radius 1 is 1.24 bits per heavy atom. The summed E-state index contributed by atoms with van der Waals surface area (Å²) in [5, 5.41) is 11.9. The maximum Gasteiger partial charge on any atom is 0.307 e. The summed E-state index contributed by atoms with van der Waals surface area (Å²) in [6, 6.07) is 5.72. The van der Waals surface area contributed by atoms with Gasteiger partial charge in [0.15, 0.2) is 0 Å². The van der Waals surface area contributed by atoms with E-state index in [2.05, 4.69) is 5.32 Å². The summed E-state index contributed by atoms with van der Waals surface area (Å²) in [4.78, 5) is 23.5. The number of hydrogen-bond donors (Lipinski definition) is 2. The number of aliphatic carboxylic acids is 1. The average molecular weight is 291 g/mol. The smallest absolute Gasteiger partial charge is 0.307 e. The fourth-order valence-corrected chi connectivity index (χ4v) is 2.60. The molecular formula is C16H18FNO3. The molecule has 4 nitrogen and oxygen atoms in total. The molecule has 0 spiro atoms. The van der Waals surface area contributed by atoms with E-state index in [0.717, 1.165) is 0 Å². The van der Waals surface area contributed by atoms with Gasteiger partial charge in [0, 0.05) is 5.56 Å². The number of benzene rings is 1. The number of nitrogens with one attached hydrogen (secondary N) is 1. The molecule has 0 fully saturated rings. The largest absolute Gasteiger partial charge is 0.481 e. The first-order valence-corrected chi connectivity index (χ1v) is 6.93. The van der Waals surface area contributed by atoms with Crippen molar-refractivity contribution in [3.63, 3.8) is 0 Å². The highest BCUT2D eigenvalue weighted by atomic mass is 19.1. The van der Waals surface area contributed by atoms with Crippen molar-refractivity contribution in [3.8, 4) is 0 Å². The number of allylic oxidation sites excluding steroid dienone is 2. The molecule has 0 saturated heterocycles. The Kier molecular flexibility index (Phi) is 4.73. The number of carbonyl (C=O) groups is 2. The molecule has 2 N–H and O–H groups in total. The van der Waals surface area contributed by atoms with E-state index in [0.29, 0.717) is 18.4 Å². The van der Waals surface area contributed by atoms with Crippen LogP contribution in [-0.2, 0) is 9.59 Å². The quantitative estimate of drug-likeness (QED) is 0.838. The van der Waals surface area contributed by atoms with Crippen molar-refractivity contribution in [2.24, 2.45) is 11.8 Å². The molecule has 1 aromatic carbocycles. The lowest BCUT2D eigenvalue weighted by Gasteiger charge is -2.26. The Balaban J connectivity index is 2.08. The maximum atomic E-state index is 13.7. The number of carbonyl (C=O) groups excluding carboxylic acids is 1. The van der Waals surface area contributed by atoms with E-state index >= 15 is 0 Å².